The van der Waals surface area contributed by atoms with Crippen LogP contribution in [0.5, 0.6) is 0 Å². The highest BCUT2D eigenvalue weighted by Gasteiger charge is 2.11. The molecule has 0 aromatic heterocycles. The number of hydrogen-bond donors (Lipinski definition) is 1. The molecule has 0 spiro atoms. The van der Waals surface area contributed by atoms with Gasteiger partial charge in [-0.1, -0.05) is 70.6 Å². The Kier molecular flexibility index (Phi) is 18.1. The van der Waals surface area contributed by atoms with Crippen LogP contribution < -0.4 is 0 Å². The second kappa shape index (κ2) is 19.2. The van der Waals surface area contributed by atoms with Crippen molar-refractivity contribution in [3.05, 3.63) is 24.3 Å². The fourth-order valence-electron chi connectivity index (χ4n) is 2.76. The third kappa shape index (κ3) is 19.0. The van der Waals surface area contributed by atoms with Crippen LogP contribution in [0.2, 0.25) is 0 Å². The maximum atomic E-state index is 12.0. The number of aliphatic carboxylic acids is 1. The Bertz CT molecular complexity index is 426. The number of allylic oxidation sites excluding steroid dienone is 3. The molecule has 1 unspecified atom stereocenters. The molecule has 4 nitrogen and oxygen atoms in total. The van der Waals surface area contributed by atoms with Crippen molar-refractivity contribution in [2.45, 2.75) is 110 Å². The van der Waals surface area contributed by atoms with Gasteiger partial charge in [0.25, 0.3) is 0 Å². The molecule has 0 rings (SSSR count). The Morgan fingerprint density at radius 3 is 2.26 bits per heavy atom. The molecule has 27 heavy (non-hydrogen) atoms. The number of hydrogen-bond acceptors (Lipinski definition) is 3. The van der Waals surface area contributed by atoms with E-state index < -0.39 is 5.97 Å². The highest BCUT2D eigenvalue weighted by atomic mass is 16.5. The normalized spacial score (nSPS) is 12.7. The van der Waals surface area contributed by atoms with Gasteiger partial charge in [-0.05, 0) is 44.6 Å². The van der Waals surface area contributed by atoms with Gasteiger partial charge < -0.3 is 9.84 Å². The summed E-state index contributed by atoms with van der Waals surface area (Å²) in [6.07, 6.45) is 20.9. The molecule has 4 heteroatoms. The molecule has 0 aromatic rings. The Labute approximate surface area is 166 Å². The van der Waals surface area contributed by atoms with Crippen LogP contribution in [0, 0.1) is 0 Å². The summed E-state index contributed by atoms with van der Waals surface area (Å²) in [5, 5.41) is 8.66. The molecule has 1 atom stereocenters. The second-order valence-corrected chi connectivity index (χ2v) is 7.11. The van der Waals surface area contributed by atoms with E-state index in [0.717, 1.165) is 64.2 Å². The minimum atomic E-state index is -0.733. The predicted molar refractivity (Wildman–Crippen MR) is 112 cm³/mol. The van der Waals surface area contributed by atoms with E-state index in [4.69, 9.17) is 9.84 Å². The van der Waals surface area contributed by atoms with Crippen LogP contribution in [0.3, 0.4) is 0 Å². The van der Waals surface area contributed by atoms with E-state index in [-0.39, 0.29) is 18.5 Å². The summed E-state index contributed by atoms with van der Waals surface area (Å²) >= 11 is 0. The Morgan fingerprint density at radius 1 is 0.852 bits per heavy atom. The maximum Gasteiger partial charge on any atom is 0.306 e. The van der Waals surface area contributed by atoms with Gasteiger partial charge in [0.15, 0.2) is 0 Å². The summed E-state index contributed by atoms with van der Waals surface area (Å²) in [6.45, 7) is 4.31. The largest absolute Gasteiger partial charge is 0.481 e. The molecule has 0 aliphatic carbocycles. The lowest BCUT2D eigenvalue weighted by Gasteiger charge is -2.14. The van der Waals surface area contributed by atoms with Crippen molar-refractivity contribution >= 4 is 11.9 Å². The lowest BCUT2D eigenvalue weighted by Crippen LogP contribution is -2.16. The van der Waals surface area contributed by atoms with E-state index in [1.54, 1.807) is 0 Å². The van der Waals surface area contributed by atoms with Gasteiger partial charge in [0.1, 0.15) is 6.10 Å². The zero-order valence-corrected chi connectivity index (χ0v) is 17.5. The van der Waals surface area contributed by atoms with Gasteiger partial charge >= 0.3 is 11.9 Å². The minimum Gasteiger partial charge on any atom is -0.481 e. The van der Waals surface area contributed by atoms with Gasteiger partial charge in [0.2, 0.25) is 0 Å². The predicted octanol–water partition coefficient (Wildman–Crippen LogP) is 6.60. The number of rotatable bonds is 18. The molecule has 0 aliphatic rings. The first kappa shape index (κ1) is 25.4. The molecule has 0 saturated carbocycles. The summed E-state index contributed by atoms with van der Waals surface area (Å²) < 4.78 is 5.64. The summed E-state index contributed by atoms with van der Waals surface area (Å²) in [7, 11) is 0. The van der Waals surface area contributed by atoms with Crippen molar-refractivity contribution in [1.29, 1.82) is 0 Å². The van der Waals surface area contributed by atoms with Crippen LogP contribution in [0.25, 0.3) is 0 Å². The average Bonchev–Trinajstić information content (AvgIpc) is 2.63. The standard InChI is InChI=1S/C23H40O4/c1-3-5-7-8-9-10-14-17-21(27-23(26)20-13-6-4-2)18-15-11-12-16-19-22(24)25/h8-9,14,17,21H,3-7,10-13,15-16,18-20H2,1-2H3,(H,24,25)/b9-8-,17-14-. The third-order valence-electron chi connectivity index (χ3n) is 4.41. The summed E-state index contributed by atoms with van der Waals surface area (Å²) in [4.78, 5) is 22.5. The molecule has 0 fully saturated rings. The van der Waals surface area contributed by atoms with Gasteiger partial charge in [0, 0.05) is 12.8 Å². The molecule has 0 saturated heterocycles. The maximum absolute atomic E-state index is 12.0. The molecular formula is C23H40O4. The van der Waals surface area contributed by atoms with Gasteiger partial charge in [-0.3, -0.25) is 9.59 Å². The van der Waals surface area contributed by atoms with Crippen molar-refractivity contribution in [3.63, 3.8) is 0 Å². The van der Waals surface area contributed by atoms with E-state index in [9.17, 15) is 9.59 Å². The molecule has 0 amide bonds. The first-order valence-electron chi connectivity index (χ1n) is 10.8. The monoisotopic (exact) mass is 380 g/mol. The lowest BCUT2D eigenvalue weighted by atomic mass is 10.1. The van der Waals surface area contributed by atoms with Gasteiger partial charge in [0.05, 0.1) is 0 Å². The number of carboxylic acid groups (broad SMARTS) is 1. The van der Waals surface area contributed by atoms with Crippen LogP contribution >= 0.6 is 0 Å². The van der Waals surface area contributed by atoms with Crippen LogP contribution in [0.4, 0.5) is 0 Å². The zero-order chi connectivity index (χ0) is 20.2. The minimum absolute atomic E-state index is 0.109. The summed E-state index contributed by atoms with van der Waals surface area (Å²) in [5.41, 5.74) is 0. The first-order valence-corrected chi connectivity index (χ1v) is 10.8. The van der Waals surface area contributed by atoms with Crippen molar-refractivity contribution in [3.8, 4) is 0 Å². The molecular weight excluding hydrogens is 340 g/mol. The van der Waals surface area contributed by atoms with Crippen molar-refractivity contribution < 1.29 is 19.4 Å². The third-order valence-corrected chi connectivity index (χ3v) is 4.41. The van der Waals surface area contributed by atoms with Gasteiger partial charge in [-0.15, -0.1) is 0 Å². The van der Waals surface area contributed by atoms with Crippen molar-refractivity contribution in [2.24, 2.45) is 0 Å². The Hall–Kier alpha value is -1.58. The molecule has 156 valence electrons. The van der Waals surface area contributed by atoms with Crippen molar-refractivity contribution in [1.82, 2.24) is 0 Å². The molecule has 0 radical (unpaired) electrons. The smallest absolute Gasteiger partial charge is 0.306 e. The van der Waals surface area contributed by atoms with Gasteiger partial charge in [-0.25, -0.2) is 0 Å². The number of carbonyl (C=O) groups excluding carboxylic acids is 1. The topological polar surface area (TPSA) is 63.6 Å². The lowest BCUT2D eigenvalue weighted by molar-refractivity contribution is -0.147. The van der Waals surface area contributed by atoms with Crippen LogP contribution in [-0.2, 0) is 14.3 Å². The van der Waals surface area contributed by atoms with E-state index in [1.807, 2.05) is 6.08 Å². The summed E-state index contributed by atoms with van der Waals surface area (Å²) in [6, 6.07) is 0. The molecule has 0 aliphatic heterocycles. The molecule has 0 bridgehead atoms. The Balaban J connectivity index is 4.24. The first-order chi connectivity index (χ1) is 13.1. The molecule has 0 aromatic carbocycles. The van der Waals surface area contributed by atoms with Crippen LogP contribution in [-0.4, -0.2) is 23.1 Å². The Morgan fingerprint density at radius 2 is 1.56 bits per heavy atom. The number of esters is 1. The zero-order valence-electron chi connectivity index (χ0n) is 17.5. The van der Waals surface area contributed by atoms with E-state index in [2.05, 4.69) is 32.1 Å². The second-order valence-electron chi connectivity index (χ2n) is 7.11. The SMILES string of the molecule is CCCC/C=C\C/C=C\C(CCCCCCC(=O)O)OC(=O)CCCCC. The summed E-state index contributed by atoms with van der Waals surface area (Å²) in [5.74, 6) is -0.841. The molecule has 0 heterocycles. The number of unbranched alkanes of at least 4 members (excludes halogenated alkanes) is 7. The fourth-order valence-corrected chi connectivity index (χ4v) is 2.76. The van der Waals surface area contributed by atoms with Crippen molar-refractivity contribution in [2.75, 3.05) is 0 Å². The van der Waals surface area contributed by atoms with Crippen LogP contribution in [0.15, 0.2) is 24.3 Å². The van der Waals surface area contributed by atoms with E-state index >= 15 is 0 Å². The van der Waals surface area contributed by atoms with Gasteiger partial charge in [-0.2, -0.15) is 0 Å². The van der Waals surface area contributed by atoms with E-state index in [1.165, 1.54) is 12.8 Å². The molecule has 1 N–H and O–H groups in total. The number of ether oxygens (including phenoxy) is 1. The average molecular weight is 381 g/mol. The highest BCUT2D eigenvalue weighted by Crippen LogP contribution is 2.13. The van der Waals surface area contributed by atoms with E-state index in [0.29, 0.717) is 6.42 Å². The van der Waals surface area contributed by atoms with Crippen LogP contribution in [0.1, 0.15) is 104 Å². The quantitative estimate of drug-likeness (QED) is 0.165. The fraction of sp³-hybridized carbons (Fsp3) is 0.739. The number of carboxylic acids is 1. The highest BCUT2D eigenvalue weighted by molar-refractivity contribution is 5.69. The number of carbonyl (C=O) groups is 2.